The van der Waals surface area contributed by atoms with Crippen molar-refractivity contribution in [1.82, 2.24) is 4.90 Å². The van der Waals surface area contributed by atoms with Crippen molar-refractivity contribution >= 4 is 46.8 Å². The Labute approximate surface area is 148 Å². The van der Waals surface area contributed by atoms with Gasteiger partial charge in [-0.2, -0.15) is 0 Å². The molecule has 0 unspecified atom stereocenters. The summed E-state index contributed by atoms with van der Waals surface area (Å²) >= 11 is 7.43. The van der Waals surface area contributed by atoms with E-state index in [-0.39, 0.29) is 10.8 Å². The summed E-state index contributed by atoms with van der Waals surface area (Å²) in [7, 11) is 0. The molecule has 3 rings (SSSR count). The van der Waals surface area contributed by atoms with E-state index in [9.17, 15) is 14.4 Å². The second-order valence-electron chi connectivity index (χ2n) is 5.93. The maximum atomic E-state index is 12.3. The molecule has 2 saturated heterocycles. The summed E-state index contributed by atoms with van der Waals surface area (Å²) in [6.07, 6.45) is 1.18. The Bertz CT molecular complexity index is 698. The van der Waals surface area contributed by atoms with E-state index in [1.54, 1.807) is 40.9 Å². The molecule has 0 aliphatic carbocycles. The monoisotopic (exact) mass is 368 g/mol. The summed E-state index contributed by atoms with van der Waals surface area (Å²) in [5.74, 6) is -0.529. The summed E-state index contributed by atoms with van der Waals surface area (Å²) < 4.78 is 5.10. The van der Waals surface area contributed by atoms with E-state index in [0.29, 0.717) is 22.9 Å². The van der Waals surface area contributed by atoms with Crippen molar-refractivity contribution in [1.29, 1.82) is 0 Å². The smallest absolute Gasteiger partial charge is 0.330 e. The van der Waals surface area contributed by atoms with Crippen molar-refractivity contribution in [3.8, 4) is 0 Å². The Balaban J connectivity index is 1.54. The van der Waals surface area contributed by atoms with Crippen molar-refractivity contribution in [2.24, 2.45) is 0 Å². The molecule has 2 heterocycles. The van der Waals surface area contributed by atoms with Crippen LogP contribution in [0, 0.1) is 0 Å². The van der Waals surface area contributed by atoms with Crippen LogP contribution in [-0.2, 0) is 19.1 Å². The van der Waals surface area contributed by atoms with Crippen LogP contribution < -0.4 is 5.32 Å². The third-order valence-electron chi connectivity index (χ3n) is 4.17. The van der Waals surface area contributed by atoms with E-state index in [1.807, 2.05) is 6.92 Å². The molecule has 2 aliphatic heterocycles. The molecule has 1 aromatic carbocycles. The highest BCUT2D eigenvalue weighted by Crippen LogP contribution is 2.47. The average Bonchev–Trinajstić information content (AvgIpc) is 3.02. The van der Waals surface area contributed by atoms with Crippen LogP contribution >= 0.6 is 23.4 Å². The summed E-state index contributed by atoms with van der Waals surface area (Å²) in [5, 5.41) is 3.10. The fraction of sp³-hybridized carbons (Fsp3) is 0.438. The number of nitrogens with zero attached hydrogens (tertiary/aromatic N) is 1. The summed E-state index contributed by atoms with van der Waals surface area (Å²) in [6.45, 7) is 1.56. The molecular formula is C16H17ClN2O4S. The molecule has 8 heteroatoms. The van der Waals surface area contributed by atoms with Crippen LogP contribution in [0.25, 0.3) is 0 Å². The van der Waals surface area contributed by atoms with Gasteiger partial charge in [-0.15, -0.1) is 11.8 Å². The highest BCUT2D eigenvalue weighted by Gasteiger charge is 2.53. The number of thioether (sulfide) groups is 1. The summed E-state index contributed by atoms with van der Waals surface area (Å²) in [4.78, 5) is 37.4. The maximum absolute atomic E-state index is 12.3. The van der Waals surface area contributed by atoms with Gasteiger partial charge in [0.1, 0.15) is 6.04 Å². The second kappa shape index (κ2) is 6.64. The Morgan fingerprint density at radius 3 is 3.04 bits per heavy atom. The van der Waals surface area contributed by atoms with Gasteiger partial charge in [-0.05, 0) is 31.5 Å². The molecular weight excluding hydrogens is 352 g/mol. The fourth-order valence-electron chi connectivity index (χ4n) is 2.99. The number of fused-ring (bicyclic) bond motifs is 1. The third-order valence-corrected chi connectivity index (χ3v) is 5.91. The van der Waals surface area contributed by atoms with Crippen LogP contribution in [0.15, 0.2) is 24.3 Å². The number of hydrogen-bond acceptors (Lipinski definition) is 5. The minimum Gasteiger partial charge on any atom is -0.454 e. The first-order chi connectivity index (χ1) is 11.4. The molecule has 0 radical (unpaired) electrons. The van der Waals surface area contributed by atoms with Gasteiger partial charge in [-0.25, -0.2) is 4.79 Å². The minimum absolute atomic E-state index is 0.0344. The van der Waals surface area contributed by atoms with E-state index in [0.717, 1.165) is 6.42 Å². The van der Waals surface area contributed by atoms with Gasteiger partial charge in [0, 0.05) is 22.9 Å². The van der Waals surface area contributed by atoms with Gasteiger partial charge < -0.3 is 15.0 Å². The first-order valence-corrected chi connectivity index (χ1v) is 8.93. The average molecular weight is 369 g/mol. The zero-order chi connectivity index (χ0) is 17.3. The lowest BCUT2D eigenvalue weighted by Crippen LogP contribution is -2.47. The summed E-state index contributed by atoms with van der Waals surface area (Å²) in [6, 6.07) is 6.07. The van der Waals surface area contributed by atoms with Gasteiger partial charge in [0.25, 0.3) is 5.91 Å². The predicted molar refractivity (Wildman–Crippen MR) is 91.8 cm³/mol. The molecule has 0 saturated carbocycles. The number of nitrogens with one attached hydrogen (secondary N) is 1. The first kappa shape index (κ1) is 17.1. The standard InChI is InChI=1S/C16H17ClN2O4S/c1-16-6-5-14(21)19(16)12(9-24-16)15(22)23-8-13(20)18-11-4-2-3-10(17)7-11/h2-4,7,12H,5-6,8-9H2,1H3,(H,18,20)/t12-,16-/m1/s1. The number of esters is 1. The Morgan fingerprint density at radius 2 is 2.29 bits per heavy atom. The van der Waals surface area contributed by atoms with Crippen LogP contribution in [0.2, 0.25) is 5.02 Å². The van der Waals surface area contributed by atoms with E-state index < -0.39 is 24.5 Å². The number of carbonyl (C=O) groups is 3. The molecule has 0 aromatic heterocycles. The Hall–Kier alpha value is -1.73. The number of amides is 2. The molecule has 0 bridgehead atoms. The fourth-order valence-corrected chi connectivity index (χ4v) is 4.60. The number of hydrogen-bond donors (Lipinski definition) is 1. The van der Waals surface area contributed by atoms with Crippen LogP contribution in [-0.4, -0.2) is 46.0 Å². The van der Waals surface area contributed by atoms with Crippen LogP contribution in [0.4, 0.5) is 5.69 Å². The number of ether oxygens (including phenoxy) is 1. The molecule has 128 valence electrons. The number of rotatable bonds is 4. The van der Waals surface area contributed by atoms with Crippen molar-refractivity contribution in [3.63, 3.8) is 0 Å². The highest BCUT2D eigenvalue weighted by atomic mass is 35.5. The highest BCUT2D eigenvalue weighted by molar-refractivity contribution is 8.01. The molecule has 2 fully saturated rings. The SMILES string of the molecule is C[C@@]12CCC(=O)N1[C@@H](C(=O)OCC(=O)Nc1cccc(Cl)c1)CS2. The normalized spacial score (nSPS) is 25.5. The van der Waals surface area contributed by atoms with E-state index in [4.69, 9.17) is 16.3 Å². The number of halogens is 1. The van der Waals surface area contributed by atoms with Gasteiger partial charge in [-0.1, -0.05) is 17.7 Å². The van der Waals surface area contributed by atoms with Gasteiger partial charge in [-0.3, -0.25) is 9.59 Å². The van der Waals surface area contributed by atoms with Gasteiger partial charge in [0.2, 0.25) is 5.91 Å². The zero-order valence-electron chi connectivity index (χ0n) is 13.1. The van der Waals surface area contributed by atoms with Crippen molar-refractivity contribution in [3.05, 3.63) is 29.3 Å². The molecule has 1 N–H and O–H groups in total. The number of anilines is 1. The van der Waals surface area contributed by atoms with Gasteiger partial charge >= 0.3 is 5.97 Å². The molecule has 24 heavy (non-hydrogen) atoms. The molecule has 1 aromatic rings. The lowest BCUT2D eigenvalue weighted by atomic mass is 10.2. The maximum Gasteiger partial charge on any atom is 0.330 e. The summed E-state index contributed by atoms with van der Waals surface area (Å²) in [5.41, 5.74) is 0.530. The van der Waals surface area contributed by atoms with E-state index >= 15 is 0 Å². The first-order valence-electron chi connectivity index (χ1n) is 7.57. The van der Waals surface area contributed by atoms with Crippen molar-refractivity contribution < 1.29 is 19.1 Å². The van der Waals surface area contributed by atoms with Gasteiger partial charge in [0.15, 0.2) is 6.61 Å². The van der Waals surface area contributed by atoms with Crippen molar-refractivity contribution in [2.45, 2.75) is 30.7 Å². The second-order valence-corrected chi connectivity index (χ2v) is 7.87. The van der Waals surface area contributed by atoms with Crippen LogP contribution in [0.5, 0.6) is 0 Å². The molecule has 2 atom stereocenters. The minimum atomic E-state index is -0.617. The molecule has 2 amide bonds. The number of benzene rings is 1. The lowest BCUT2D eigenvalue weighted by molar-refractivity contribution is -0.155. The lowest BCUT2D eigenvalue weighted by Gasteiger charge is -2.29. The van der Waals surface area contributed by atoms with Crippen LogP contribution in [0.1, 0.15) is 19.8 Å². The Morgan fingerprint density at radius 1 is 1.50 bits per heavy atom. The number of carbonyl (C=O) groups excluding carboxylic acids is 3. The molecule has 6 nitrogen and oxygen atoms in total. The third kappa shape index (κ3) is 3.37. The predicted octanol–water partition coefficient (Wildman–Crippen LogP) is 2.28. The quantitative estimate of drug-likeness (QED) is 0.825. The van der Waals surface area contributed by atoms with Gasteiger partial charge in [0.05, 0.1) is 4.87 Å². The van der Waals surface area contributed by atoms with Crippen molar-refractivity contribution in [2.75, 3.05) is 17.7 Å². The molecule has 0 spiro atoms. The molecule has 2 aliphatic rings. The topological polar surface area (TPSA) is 75.7 Å². The van der Waals surface area contributed by atoms with E-state index in [1.165, 1.54) is 0 Å². The zero-order valence-corrected chi connectivity index (χ0v) is 14.7. The van der Waals surface area contributed by atoms with Crippen LogP contribution in [0.3, 0.4) is 0 Å². The Kier molecular flexibility index (Phi) is 4.73. The largest absolute Gasteiger partial charge is 0.454 e. The van der Waals surface area contributed by atoms with E-state index in [2.05, 4.69) is 5.32 Å².